The summed E-state index contributed by atoms with van der Waals surface area (Å²) in [5.41, 5.74) is -1.07. The molecular weight excluding hydrogens is 286 g/mol. The van der Waals surface area contributed by atoms with Gasteiger partial charge in [0.15, 0.2) is 0 Å². The van der Waals surface area contributed by atoms with Crippen LogP contribution in [0, 0.1) is 5.92 Å². The van der Waals surface area contributed by atoms with Gasteiger partial charge in [0.1, 0.15) is 5.54 Å². The summed E-state index contributed by atoms with van der Waals surface area (Å²) in [7, 11) is 0. The molecule has 1 aromatic rings. The third-order valence-electron chi connectivity index (χ3n) is 4.03. The largest absolute Gasteiger partial charge is 0.480 e. The fourth-order valence-electron chi connectivity index (χ4n) is 2.62. The zero-order valence-electron chi connectivity index (χ0n) is 12.2. The standard InChI is InChI=1S/C16H21NO3S/c1-12-7-9-16(10-8-12,15(19)20)17-14(18)11-21-13-5-3-2-4-6-13/h2-6,12H,7-11H2,1H3,(H,17,18)(H,19,20). The smallest absolute Gasteiger partial charge is 0.329 e. The Hall–Kier alpha value is -1.49. The van der Waals surface area contributed by atoms with Crippen LogP contribution in [0.5, 0.6) is 0 Å². The fourth-order valence-corrected chi connectivity index (χ4v) is 3.34. The Balaban J connectivity index is 1.91. The molecule has 5 heteroatoms. The van der Waals surface area contributed by atoms with Gasteiger partial charge in [-0.3, -0.25) is 4.79 Å². The van der Waals surface area contributed by atoms with E-state index in [0.29, 0.717) is 18.8 Å². The monoisotopic (exact) mass is 307 g/mol. The minimum Gasteiger partial charge on any atom is -0.480 e. The first-order chi connectivity index (χ1) is 10.0. The van der Waals surface area contributed by atoms with Gasteiger partial charge in [0.05, 0.1) is 5.75 Å². The molecule has 0 unspecified atom stereocenters. The number of hydrogen-bond acceptors (Lipinski definition) is 3. The van der Waals surface area contributed by atoms with Crippen LogP contribution in [0.25, 0.3) is 0 Å². The molecular formula is C16H21NO3S. The molecule has 1 aliphatic carbocycles. The number of nitrogens with one attached hydrogen (secondary N) is 1. The molecule has 0 aliphatic heterocycles. The van der Waals surface area contributed by atoms with E-state index in [1.54, 1.807) is 0 Å². The summed E-state index contributed by atoms with van der Waals surface area (Å²) in [5, 5.41) is 12.3. The molecule has 2 N–H and O–H groups in total. The summed E-state index contributed by atoms with van der Waals surface area (Å²) >= 11 is 1.42. The predicted molar refractivity (Wildman–Crippen MR) is 83.3 cm³/mol. The van der Waals surface area contributed by atoms with Crippen LogP contribution in [0.15, 0.2) is 35.2 Å². The van der Waals surface area contributed by atoms with Crippen molar-refractivity contribution in [2.24, 2.45) is 5.92 Å². The number of carbonyl (C=O) groups excluding carboxylic acids is 1. The molecule has 1 amide bonds. The second-order valence-corrected chi connectivity index (χ2v) is 6.77. The van der Waals surface area contributed by atoms with Crippen molar-refractivity contribution < 1.29 is 14.7 Å². The number of carboxylic acids is 1. The lowest BCUT2D eigenvalue weighted by Crippen LogP contribution is -2.56. The highest BCUT2D eigenvalue weighted by Crippen LogP contribution is 2.32. The maximum Gasteiger partial charge on any atom is 0.329 e. The SMILES string of the molecule is CC1CCC(NC(=O)CSc2ccccc2)(C(=O)O)CC1. The van der Waals surface area contributed by atoms with Crippen LogP contribution in [0.2, 0.25) is 0 Å². The van der Waals surface area contributed by atoms with Gasteiger partial charge in [-0.25, -0.2) is 4.79 Å². The molecule has 1 aliphatic rings. The molecule has 1 fully saturated rings. The molecule has 0 atom stereocenters. The van der Waals surface area contributed by atoms with E-state index in [1.165, 1.54) is 11.8 Å². The lowest BCUT2D eigenvalue weighted by atomic mass is 9.77. The second kappa shape index (κ2) is 6.98. The van der Waals surface area contributed by atoms with Gasteiger partial charge in [-0.1, -0.05) is 25.1 Å². The molecule has 2 rings (SSSR count). The molecule has 1 aromatic carbocycles. The second-order valence-electron chi connectivity index (χ2n) is 5.72. The maximum absolute atomic E-state index is 12.1. The number of carboxylic acid groups (broad SMARTS) is 1. The Morgan fingerprint density at radius 2 is 1.90 bits per heavy atom. The topological polar surface area (TPSA) is 66.4 Å². The number of benzene rings is 1. The van der Waals surface area contributed by atoms with Crippen molar-refractivity contribution >= 4 is 23.6 Å². The van der Waals surface area contributed by atoms with E-state index >= 15 is 0 Å². The summed E-state index contributed by atoms with van der Waals surface area (Å²) in [4.78, 5) is 24.7. The minimum absolute atomic E-state index is 0.208. The number of rotatable bonds is 5. The number of thioether (sulfide) groups is 1. The number of amides is 1. The quantitative estimate of drug-likeness (QED) is 0.821. The zero-order valence-corrected chi connectivity index (χ0v) is 13.0. The van der Waals surface area contributed by atoms with Crippen LogP contribution in [0.3, 0.4) is 0 Å². The Kier molecular flexibility index (Phi) is 5.28. The molecule has 0 bridgehead atoms. The Morgan fingerprint density at radius 3 is 2.48 bits per heavy atom. The molecule has 0 aromatic heterocycles. The predicted octanol–water partition coefficient (Wildman–Crippen LogP) is 2.93. The van der Waals surface area contributed by atoms with Gasteiger partial charge in [0.2, 0.25) is 5.91 Å². The van der Waals surface area contributed by atoms with Crippen molar-refractivity contribution in [2.75, 3.05) is 5.75 Å². The average molecular weight is 307 g/mol. The Bertz CT molecular complexity index is 496. The van der Waals surface area contributed by atoms with Crippen molar-refractivity contribution in [3.8, 4) is 0 Å². The van der Waals surface area contributed by atoms with Crippen LogP contribution < -0.4 is 5.32 Å². The molecule has 0 saturated heterocycles. The van der Waals surface area contributed by atoms with Crippen molar-refractivity contribution in [3.63, 3.8) is 0 Å². The van der Waals surface area contributed by atoms with E-state index in [1.807, 2.05) is 30.3 Å². The van der Waals surface area contributed by atoms with Gasteiger partial charge in [0.25, 0.3) is 0 Å². The first kappa shape index (κ1) is 15.9. The summed E-state index contributed by atoms with van der Waals surface area (Å²) in [6, 6.07) is 9.64. The molecule has 1 saturated carbocycles. The van der Waals surface area contributed by atoms with E-state index < -0.39 is 11.5 Å². The van der Waals surface area contributed by atoms with E-state index in [2.05, 4.69) is 12.2 Å². The van der Waals surface area contributed by atoms with Gasteiger partial charge in [-0.15, -0.1) is 11.8 Å². The van der Waals surface area contributed by atoms with Gasteiger partial charge >= 0.3 is 5.97 Å². The van der Waals surface area contributed by atoms with Gasteiger partial charge in [-0.05, 0) is 43.7 Å². The normalized spacial score (nSPS) is 25.3. The lowest BCUT2D eigenvalue weighted by Gasteiger charge is -2.36. The summed E-state index contributed by atoms with van der Waals surface area (Å²) in [5.74, 6) is -0.337. The maximum atomic E-state index is 12.1. The highest BCUT2D eigenvalue weighted by atomic mass is 32.2. The number of carbonyl (C=O) groups is 2. The van der Waals surface area contributed by atoms with E-state index in [9.17, 15) is 14.7 Å². The molecule has 0 heterocycles. The van der Waals surface area contributed by atoms with Gasteiger partial charge in [0, 0.05) is 4.90 Å². The number of aliphatic carboxylic acids is 1. The Labute approximate surface area is 129 Å². The van der Waals surface area contributed by atoms with E-state index in [0.717, 1.165) is 17.7 Å². The molecule has 4 nitrogen and oxygen atoms in total. The summed E-state index contributed by atoms with van der Waals surface area (Å²) in [6.07, 6.45) is 2.73. The third-order valence-corrected chi connectivity index (χ3v) is 5.04. The van der Waals surface area contributed by atoms with Crippen LogP contribution in [-0.2, 0) is 9.59 Å². The average Bonchev–Trinajstić information content (AvgIpc) is 2.48. The Morgan fingerprint density at radius 1 is 1.29 bits per heavy atom. The van der Waals surface area contributed by atoms with Crippen molar-refractivity contribution in [2.45, 2.75) is 43.0 Å². The van der Waals surface area contributed by atoms with Crippen LogP contribution in [0.4, 0.5) is 0 Å². The van der Waals surface area contributed by atoms with Crippen molar-refractivity contribution in [3.05, 3.63) is 30.3 Å². The van der Waals surface area contributed by atoms with Crippen molar-refractivity contribution in [1.82, 2.24) is 5.32 Å². The van der Waals surface area contributed by atoms with Gasteiger partial charge in [-0.2, -0.15) is 0 Å². The first-order valence-corrected chi connectivity index (χ1v) is 8.23. The third kappa shape index (κ3) is 4.24. The number of hydrogen-bond donors (Lipinski definition) is 2. The highest BCUT2D eigenvalue weighted by molar-refractivity contribution is 8.00. The fraction of sp³-hybridized carbons (Fsp3) is 0.500. The van der Waals surface area contributed by atoms with E-state index in [-0.39, 0.29) is 11.7 Å². The van der Waals surface area contributed by atoms with Crippen molar-refractivity contribution in [1.29, 1.82) is 0 Å². The summed E-state index contributed by atoms with van der Waals surface area (Å²) in [6.45, 7) is 2.12. The van der Waals surface area contributed by atoms with Crippen LogP contribution >= 0.6 is 11.8 Å². The highest BCUT2D eigenvalue weighted by Gasteiger charge is 2.42. The lowest BCUT2D eigenvalue weighted by molar-refractivity contribution is -0.149. The molecule has 0 spiro atoms. The van der Waals surface area contributed by atoms with Gasteiger partial charge < -0.3 is 10.4 Å². The summed E-state index contributed by atoms with van der Waals surface area (Å²) < 4.78 is 0. The van der Waals surface area contributed by atoms with Crippen LogP contribution in [-0.4, -0.2) is 28.3 Å². The van der Waals surface area contributed by atoms with E-state index in [4.69, 9.17) is 0 Å². The zero-order chi connectivity index (χ0) is 15.3. The molecule has 114 valence electrons. The first-order valence-electron chi connectivity index (χ1n) is 7.24. The minimum atomic E-state index is -1.07. The molecule has 21 heavy (non-hydrogen) atoms. The molecule has 0 radical (unpaired) electrons. The van der Waals surface area contributed by atoms with Crippen LogP contribution in [0.1, 0.15) is 32.6 Å².